The van der Waals surface area contributed by atoms with Crippen molar-refractivity contribution in [3.63, 3.8) is 0 Å². The van der Waals surface area contributed by atoms with Gasteiger partial charge in [0.25, 0.3) is 5.56 Å². The Kier molecular flexibility index (Phi) is 6.29. The molecule has 7 rings (SSSR count). The Hall–Kier alpha value is -2.81. The van der Waals surface area contributed by atoms with Crippen LogP contribution < -0.4 is 5.56 Å². The van der Waals surface area contributed by atoms with Gasteiger partial charge in [-0.05, 0) is 29.8 Å². The minimum Gasteiger partial charge on any atom is -0.386 e. The van der Waals surface area contributed by atoms with Crippen LogP contribution in [-0.4, -0.2) is 62.4 Å². The minimum atomic E-state index is -4.34. The molecule has 0 amide bonds. The van der Waals surface area contributed by atoms with Crippen molar-refractivity contribution in [2.75, 3.05) is 6.61 Å². The van der Waals surface area contributed by atoms with Gasteiger partial charge in [0.15, 0.2) is 17.4 Å². The van der Waals surface area contributed by atoms with Crippen LogP contribution in [0.1, 0.15) is 6.23 Å². The Morgan fingerprint density at radius 2 is 1.88 bits per heavy atom. The van der Waals surface area contributed by atoms with Gasteiger partial charge < -0.3 is 23.9 Å². The summed E-state index contributed by atoms with van der Waals surface area (Å²) in [5.74, 6) is 0.149. The number of sulfone groups is 1. The largest absolute Gasteiger partial charge is 0.386 e. The molecule has 0 bridgehead atoms. The van der Waals surface area contributed by atoms with E-state index >= 15 is 0 Å². The van der Waals surface area contributed by atoms with Crippen LogP contribution >= 0.6 is 31.4 Å². The van der Waals surface area contributed by atoms with E-state index in [0.29, 0.717) is 10.7 Å². The van der Waals surface area contributed by atoms with Gasteiger partial charge in [-0.25, -0.2) is 17.8 Å². The van der Waals surface area contributed by atoms with Crippen LogP contribution in [0.3, 0.4) is 0 Å². The van der Waals surface area contributed by atoms with Gasteiger partial charge in [-0.2, -0.15) is 4.98 Å². The van der Waals surface area contributed by atoms with E-state index in [1.54, 1.807) is 6.20 Å². The maximum Gasteiger partial charge on any atom is 0.287 e. The third kappa shape index (κ3) is 4.10. The highest BCUT2D eigenvalue weighted by Crippen LogP contribution is 2.52. The molecule has 0 aliphatic carbocycles. The number of nitrogens with zero attached hydrogens (tertiary/aromatic N) is 4. The fourth-order valence-electron chi connectivity index (χ4n) is 4.88. The zero-order valence-corrected chi connectivity index (χ0v) is 23.5. The number of imidazole rings is 2. The van der Waals surface area contributed by atoms with E-state index < -0.39 is 52.7 Å². The van der Waals surface area contributed by atoms with E-state index in [4.69, 9.17) is 25.4 Å². The summed E-state index contributed by atoms with van der Waals surface area (Å²) in [6.07, 6.45) is -2.64. The molecule has 16 heteroatoms. The summed E-state index contributed by atoms with van der Waals surface area (Å²) in [5.41, 5.74) is 0.527. The molecule has 40 heavy (non-hydrogen) atoms. The number of ether oxygens (including phenoxy) is 1. The minimum absolute atomic E-state index is 0.0801. The van der Waals surface area contributed by atoms with E-state index in [0.717, 1.165) is 10.1 Å². The number of aliphatic hydroxyl groups excluding tert-OH is 1. The molecular formula is C24H19ClN5O7PS2. The van der Waals surface area contributed by atoms with Crippen molar-refractivity contribution in [2.24, 2.45) is 0 Å². The molecule has 2 aliphatic rings. The zero-order chi connectivity index (χ0) is 27.8. The van der Waals surface area contributed by atoms with Crippen LogP contribution in [0.15, 0.2) is 75.6 Å². The van der Waals surface area contributed by atoms with Crippen LogP contribution in [0.25, 0.3) is 28.2 Å². The molecule has 5 heterocycles. The van der Waals surface area contributed by atoms with Crippen LogP contribution in [-0.2, 0) is 23.6 Å². The van der Waals surface area contributed by atoms with Gasteiger partial charge >= 0.3 is 0 Å². The highest BCUT2D eigenvalue weighted by atomic mass is 35.5. The van der Waals surface area contributed by atoms with Gasteiger partial charge in [0.1, 0.15) is 18.3 Å². The van der Waals surface area contributed by atoms with Gasteiger partial charge in [-0.15, -0.1) is 0 Å². The Bertz CT molecular complexity index is 1930. The maximum absolute atomic E-state index is 13.9. The smallest absolute Gasteiger partial charge is 0.287 e. The highest BCUT2D eigenvalue weighted by molar-refractivity contribution is 8.41. The fourth-order valence-corrected chi connectivity index (χ4v) is 7.70. The molecule has 206 valence electrons. The first-order valence-corrected chi connectivity index (χ1v) is 16.1. The number of fused-ring (bicyclic) bond motifs is 3. The molecule has 2 aliphatic heterocycles. The van der Waals surface area contributed by atoms with Gasteiger partial charge in [-0.3, -0.25) is 9.36 Å². The molecule has 0 spiro atoms. The van der Waals surface area contributed by atoms with E-state index in [1.165, 1.54) is 28.7 Å². The second-order valence-corrected chi connectivity index (χ2v) is 13.4. The normalized spacial score (nSPS) is 25.0. The molecule has 5 atom stereocenters. The molecule has 2 unspecified atom stereocenters. The number of aromatic amines is 1. The number of thiol groups is 1. The Balaban J connectivity index is 1.47. The average Bonchev–Trinajstić information content (AvgIpc) is 3.64. The number of aromatic nitrogens is 5. The van der Waals surface area contributed by atoms with Crippen LogP contribution in [0.2, 0.25) is 5.02 Å². The summed E-state index contributed by atoms with van der Waals surface area (Å²) < 4.78 is 47.3. The Labute approximate surface area is 237 Å². The number of halogens is 1. The SMILES string of the molecule is O=c1c2nc(S(=O)(=O)c3ccc(Cl)cc3)n([C@@H]3OC4CO[P@@](S)O[C@H]4C3O)c2nc2[nH]c(-c3ccccc3)cn12. The summed E-state index contributed by atoms with van der Waals surface area (Å²) in [7, 11) is -5.90. The Morgan fingerprint density at radius 3 is 2.62 bits per heavy atom. The maximum atomic E-state index is 13.9. The van der Waals surface area contributed by atoms with E-state index in [-0.39, 0.29) is 28.4 Å². The molecule has 2 saturated heterocycles. The van der Waals surface area contributed by atoms with Crippen molar-refractivity contribution in [3.05, 3.63) is 76.2 Å². The van der Waals surface area contributed by atoms with E-state index in [9.17, 15) is 18.3 Å². The number of benzene rings is 2. The topological polar surface area (TPSA) is 150 Å². The second-order valence-electron chi connectivity index (χ2n) is 9.20. The number of H-pyrrole nitrogens is 1. The van der Waals surface area contributed by atoms with Gasteiger partial charge in [-0.1, -0.05) is 54.2 Å². The number of hydrogen-bond donors (Lipinski definition) is 3. The third-order valence-electron chi connectivity index (χ3n) is 6.79. The molecular weight excluding hydrogens is 601 g/mol. The average molecular weight is 620 g/mol. The predicted octanol–water partition coefficient (Wildman–Crippen LogP) is 3.36. The molecule has 12 nitrogen and oxygen atoms in total. The number of aliphatic hydroxyl groups is 1. The van der Waals surface area contributed by atoms with Crippen LogP contribution in [0.5, 0.6) is 0 Å². The molecule has 0 saturated carbocycles. The lowest BCUT2D eigenvalue weighted by Gasteiger charge is -2.28. The molecule has 0 radical (unpaired) electrons. The van der Waals surface area contributed by atoms with Crippen molar-refractivity contribution >= 4 is 58.2 Å². The third-order valence-corrected chi connectivity index (χ3v) is 10.1. The Morgan fingerprint density at radius 1 is 1.12 bits per heavy atom. The lowest BCUT2D eigenvalue weighted by atomic mass is 10.1. The standard InChI is InChI=1S/C24H19ClN5O7PS2/c25-13-6-8-14(9-7-13)40(33,34)24-27-17-20(30(24)22-18(31)19-16(36-22)11-35-38(39)37-19)28-23-26-15(10-29(23)21(17)32)12-4-2-1-3-5-12/h1-10,16,18-19,22,31,39H,11H2,(H,26,28)/t16?,18?,19-,22-,38-/m1/s1. The van der Waals surface area contributed by atoms with Crippen molar-refractivity contribution in [1.29, 1.82) is 0 Å². The lowest BCUT2D eigenvalue weighted by Crippen LogP contribution is -2.38. The first-order valence-electron chi connectivity index (χ1n) is 11.9. The molecule has 3 aromatic heterocycles. The number of rotatable bonds is 4. The van der Waals surface area contributed by atoms with Crippen molar-refractivity contribution in [3.8, 4) is 11.3 Å². The van der Waals surface area contributed by atoms with Crippen LogP contribution in [0, 0.1) is 0 Å². The number of nitrogens with one attached hydrogen (secondary N) is 1. The summed E-state index contributed by atoms with van der Waals surface area (Å²) in [6, 6.07) is 14.8. The van der Waals surface area contributed by atoms with E-state index in [2.05, 4.69) is 27.2 Å². The lowest BCUT2D eigenvalue weighted by molar-refractivity contribution is -0.0560. The highest BCUT2D eigenvalue weighted by Gasteiger charge is 2.51. The first kappa shape index (κ1) is 26.1. The fraction of sp³-hybridized carbons (Fsp3) is 0.208. The summed E-state index contributed by atoms with van der Waals surface area (Å²) in [5, 5.41) is 11.1. The molecule has 2 fully saturated rings. The van der Waals surface area contributed by atoms with Crippen molar-refractivity contribution < 1.29 is 27.3 Å². The second kappa shape index (κ2) is 9.64. The monoisotopic (exact) mass is 619 g/mol. The summed E-state index contributed by atoms with van der Waals surface area (Å²) in [6.45, 7) is 0.0801. The zero-order valence-electron chi connectivity index (χ0n) is 20.2. The predicted molar refractivity (Wildman–Crippen MR) is 148 cm³/mol. The van der Waals surface area contributed by atoms with Gasteiger partial charge in [0.05, 0.1) is 17.2 Å². The summed E-state index contributed by atoms with van der Waals surface area (Å²) in [4.78, 5) is 25.5. The van der Waals surface area contributed by atoms with E-state index in [1.807, 2.05) is 30.3 Å². The summed E-state index contributed by atoms with van der Waals surface area (Å²) >= 11 is 10.2. The molecule has 2 N–H and O–H groups in total. The molecule has 5 aromatic rings. The quantitative estimate of drug-likeness (QED) is 0.203. The van der Waals surface area contributed by atoms with Crippen LogP contribution in [0.4, 0.5) is 0 Å². The molecule has 2 aromatic carbocycles. The van der Waals surface area contributed by atoms with Gasteiger partial charge in [0, 0.05) is 11.2 Å². The van der Waals surface area contributed by atoms with Crippen molar-refractivity contribution in [2.45, 2.75) is 34.6 Å². The van der Waals surface area contributed by atoms with Crippen molar-refractivity contribution in [1.82, 2.24) is 23.9 Å². The number of hydrogen-bond acceptors (Lipinski definition) is 10. The van der Waals surface area contributed by atoms with Gasteiger partial charge in [0.2, 0.25) is 28.3 Å². The first-order chi connectivity index (χ1) is 19.2.